The SMILES string of the molecule is Cc1ccc2nc3c(cc(C(=O)NC4CCCCC4)c(=N)n3Cc3cccnc3)c(=O)n2c1. The summed E-state index contributed by atoms with van der Waals surface area (Å²) >= 11 is 0. The summed E-state index contributed by atoms with van der Waals surface area (Å²) in [6.45, 7) is 2.19. The van der Waals surface area contributed by atoms with E-state index in [9.17, 15) is 9.59 Å². The van der Waals surface area contributed by atoms with Crippen LogP contribution in [0.4, 0.5) is 0 Å². The Morgan fingerprint density at radius 1 is 1.21 bits per heavy atom. The summed E-state index contributed by atoms with van der Waals surface area (Å²) in [4.78, 5) is 35.5. The van der Waals surface area contributed by atoms with Gasteiger partial charge in [0, 0.05) is 24.6 Å². The van der Waals surface area contributed by atoms with Crippen molar-refractivity contribution in [3.63, 3.8) is 0 Å². The molecule has 4 heterocycles. The number of nitrogens with one attached hydrogen (secondary N) is 2. The van der Waals surface area contributed by atoms with Crippen molar-refractivity contribution in [3.05, 3.63) is 81.5 Å². The van der Waals surface area contributed by atoms with E-state index in [-0.39, 0.29) is 35.1 Å². The summed E-state index contributed by atoms with van der Waals surface area (Å²) < 4.78 is 3.13. The van der Waals surface area contributed by atoms with Crippen molar-refractivity contribution in [2.24, 2.45) is 0 Å². The molecule has 0 spiro atoms. The molecule has 1 aliphatic rings. The molecule has 0 radical (unpaired) electrons. The first-order valence-electron chi connectivity index (χ1n) is 11.3. The number of pyridine rings is 3. The highest BCUT2D eigenvalue weighted by atomic mass is 16.2. The van der Waals surface area contributed by atoms with Gasteiger partial charge in [0.05, 0.1) is 17.5 Å². The Kier molecular flexibility index (Phi) is 5.50. The number of hydrogen-bond acceptors (Lipinski definition) is 5. The lowest BCUT2D eigenvalue weighted by Crippen LogP contribution is -2.40. The number of aryl methyl sites for hydroxylation is 1. The molecule has 0 aromatic carbocycles. The molecule has 0 saturated heterocycles. The number of nitrogens with zero attached hydrogens (tertiary/aromatic N) is 4. The van der Waals surface area contributed by atoms with Gasteiger partial charge in [-0.1, -0.05) is 31.4 Å². The van der Waals surface area contributed by atoms with E-state index in [0.717, 1.165) is 36.8 Å². The number of hydrogen-bond donors (Lipinski definition) is 2. The summed E-state index contributed by atoms with van der Waals surface area (Å²) in [5.74, 6) is -0.317. The van der Waals surface area contributed by atoms with Crippen molar-refractivity contribution in [3.8, 4) is 0 Å². The van der Waals surface area contributed by atoms with E-state index in [2.05, 4.69) is 10.3 Å². The Bertz CT molecular complexity index is 1470. The third-order valence-electron chi connectivity index (χ3n) is 6.30. The molecule has 4 aromatic heterocycles. The van der Waals surface area contributed by atoms with Crippen LogP contribution >= 0.6 is 0 Å². The quantitative estimate of drug-likeness (QED) is 0.474. The molecule has 5 rings (SSSR count). The summed E-state index contributed by atoms with van der Waals surface area (Å²) in [6, 6.07) is 9.04. The fourth-order valence-electron chi connectivity index (χ4n) is 4.55. The van der Waals surface area contributed by atoms with E-state index >= 15 is 0 Å². The molecule has 0 bridgehead atoms. The second-order valence-corrected chi connectivity index (χ2v) is 8.75. The van der Waals surface area contributed by atoms with Crippen molar-refractivity contribution in [2.75, 3.05) is 0 Å². The van der Waals surface area contributed by atoms with E-state index in [1.807, 2.05) is 25.1 Å². The van der Waals surface area contributed by atoms with Crippen LogP contribution in [0.5, 0.6) is 0 Å². The maximum atomic E-state index is 13.4. The number of aromatic nitrogens is 4. The Hall–Kier alpha value is -3.81. The topological polar surface area (TPSA) is 105 Å². The van der Waals surface area contributed by atoms with Gasteiger partial charge in [-0.3, -0.25) is 24.4 Å². The van der Waals surface area contributed by atoms with Gasteiger partial charge in [0.2, 0.25) is 0 Å². The minimum atomic E-state index is -0.317. The molecule has 33 heavy (non-hydrogen) atoms. The van der Waals surface area contributed by atoms with E-state index in [4.69, 9.17) is 10.4 Å². The van der Waals surface area contributed by atoms with E-state index in [1.165, 1.54) is 16.9 Å². The van der Waals surface area contributed by atoms with Gasteiger partial charge in [-0.05, 0) is 49.1 Å². The largest absolute Gasteiger partial charge is 0.349 e. The maximum Gasteiger partial charge on any atom is 0.267 e. The zero-order valence-electron chi connectivity index (χ0n) is 18.5. The molecule has 168 valence electrons. The van der Waals surface area contributed by atoms with Gasteiger partial charge < -0.3 is 9.88 Å². The third-order valence-corrected chi connectivity index (χ3v) is 6.30. The van der Waals surface area contributed by atoms with Crippen LogP contribution in [0.15, 0.2) is 53.7 Å². The van der Waals surface area contributed by atoms with Crippen LogP contribution in [0.25, 0.3) is 16.7 Å². The summed E-state index contributed by atoms with van der Waals surface area (Å²) in [5.41, 5.74) is 2.62. The number of fused-ring (bicyclic) bond motifs is 2. The van der Waals surface area contributed by atoms with Crippen LogP contribution in [-0.2, 0) is 6.54 Å². The van der Waals surface area contributed by atoms with Crippen molar-refractivity contribution in [1.82, 2.24) is 24.3 Å². The average Bonchev–Trinajstić information content (AvgIpc) is 2.83. The maximum absolute atomic E-state index is 13.4. The van der Waals surface area contributed by atoms with Crippen molar-refractivity contribution >= 4 is 22.6 Å². The van der Waals surface area contributed by atoms with Gasteiger partial charge in [-0.2, -0.15) is 0 Å². The second kappa shape index (κ2) is 8.61. The lowest BCUT2D eigenvalue weighted by atomic mass is 9.95. The van der Waals surface area contributed by atoms with Gasteiger partial charge in [-0.15, -0.1) is 0 Å². The predicted octanol–water partition coefficient (Wildman–Crippen LogP) is 2.94. The number of carbonyl (C=O) groups is 1. The lowest BCUT2D eigenvalue weighted by molar-refractivity contribution is 0.0925. The molecule has 4 aromatic rings. The van der Waals surface area contributed by atoms with Crippen molar-refractivity contribution < 1.29 is 4.79 Å². The molecular weight excluding hydrogens is 416 g/mol. The molecule has 8 nitrogen and oxygen atoms in total. The summed E-state index contributed by atoms with van der Waals surface area (Å²) in [7, 11) is 0. The summed E-state index contributed by atoms with van der Waals surface area (Å²) in [6.07, 6.45) is 10.4. The second-order valence-electron chi connectivity index (χ2n) is 8.75. The van der Waals surface area contributed by atoms with Gasteiger partial charge >= 0.3 is 0 Å². The molecule has 0 unspecified atom stereocenters. The van der Waals surface area contributed by atoms with E-state index in [1.54, 1.807) is 29.2 Å². The predicted molar refractivity (Wildman–Crippen MR) is 125 cm³/mol. The summed E-state index contributed by atoms with van der Waals surface area (Å²) in [5, 5.41) is 12.3. The fraction of sp³-hybridized carbons (Fsp3) is 0.320. The standard InChI is InChI=1S/C25H26N6O2/c1-16-9-10-21-29-23-20(25(33)30(21)14-16)12-19(24(32)28-18-7-3-2-4-8-18)22(26)31(23)15-17-6-5-11-27-13-17/h5-6,9-14,18,26H,2-4,7-8,15H2,1H3,(H,28,32). The zero-order chi connectivity index (χ0) is 22.9. The van der Waals surface area contributed by atoms with E-state index in [0.29, 0.717) is 16.7 Å². The molecule has 1 aliphatic carbocycles. The Morgan fingerprint density at radius 3 is 2.79 bits per heavy atom. The van der Waals surface area contributed by atoms with E-state index < -0.39 is 0 Å². The molecule has 2 N–H and O–H groups in total. The number of rotatable bonds is 4. The minimum absolute atomic E-state index is 0.0306. The van der Waals surface area contributed by atoms with Crippen LogP contribution in [0.2, 0.25) is 0 Å². The molecule has 0 atom stereocenters. The average molecular weight is 443 g/mol. The number of carbonyl (C=O) groups excluding carboxylic acids is 1. The van der Waals surface area contributed by atoms with Crippen LogP contribution in [-0.4, -0.2) is 30.9 Å². The van der Waals surface area contributed by atoms with Gasteiger partial charge in [0.1, 0.15) is 16.8 Å². The van der Waals surface area contributed by atoms with Crippen molar-refractivity contribution in [2.45, 2.75) is 51.6 Å². The van der Waals surface area contributed by atoms with Crippen LogP contribution in [0, 0.1) is 12.3 Å². The van der Waals surface area contributed by atoms with Gasteiger partial charge in [-0.25, -0.2) is 4.98 Å². The smallest absolute Gasteiger partial charge is 0.267 e. The molecule has 0 aliphatic heterocycles. The minimum Gasteiger partial charge on any atom is -0.349 e. The monoisotopic (exact) mass is 442 g/mol. The Balaban J connectivity index is 1.71. The first kappa shape index (κ1) is 21.1. The lowest BCUT2D eigenvalue weighted by Gasteiger charge is -2.23. The van der Waals surface area contributed by atoms with Gasteiger partial charge in [0.25, 0.3) is 11.5 Å². The Labute approximate surface area is 190 Å². The first-order chi connectivity index (χ1) is 16.0. The first-order valence-corrected chi connectivity index (χ1v) is 11.3. The highest BCUT2D eigenvalue weighted by Crippen LogP contribution is 2.18. The Morgan fingerprint density at radius 2 is 2.03 bits per heavy atom. The normalized spacial score (nSPS) is 14.6. The molecule has 1 saturated carbocycles. The van der Waals surface area contributed by atoms with Crippen LogP contribution in [0.1, 0.15) is 53.6 Å². The fourth-order valence-corrected chi connectivity index (χ4v) is 4.55. The van der Waals surface area contributed by atoms with Crippen LogP contribution < -0.4 is 16.4 Å². The highest BCUT2D eigenvalue weighted by molar-refractivity contribution is 5.97. The molecule has 1 fully saturated rings. The molecule has 1 amide bonds. The molecule has 8 heteroatoms. The molecular formula is C25H26N6O2. The van der Waals surface area contributed by atoms with Crippen LogP contribution in [0.3, 0.4) is 0 Å². The zero-order valence-corrected chi connectivity index (χ0v) is 18.5. The van der Waals surface area contributed by atoms with Gasteiger partial charge in [0.15, 0.2) is 0 Å². The van der Waals surface area contributed by atoms with Crippen molar-refractivity contribution in [1.29, 1.82) is 5.41 Å². The third kappa shape index (κ3) is 4.04. The number of amides is 1. The highest BCUT2D eigenvalue weighted by Gasteiger charge is 2.21.